The summed E-state index contributed by atoms with van der Waals surface area (Å²) in [5.74, 6) is 0.378. The Balaban J connectivity index is 1.71. The number of carbonyl (C=O) groups is 1. The number of methoxy groups -OCH3 is 1. The topological polar surface area (TPSA) is 76.1 Å². The summed E-state index contributed by atoms with van der Waals surface area (Å²) < 4.78 is 5.47. The first-order valence-corrected chi connectivity index (χ1v) is 10.1. The van der Waals surface area contributed by atoms with Crippen molar-refractivity contribution < 1.29 is 9.53 Å². The Hall–Kier alpha value is -2.48. The number of ether oxygens (including phenoxy) is 1. The van der Waals surface area contributed by atoms with Crippen LogP contribution in [0.25, 0.3) is 11.1 Å². The summed E-state index contributed by atoms with van der Waals surface area (Å²) in [6.45, 7) is 3.58. The maximum atomic E-state index is 13.0. The van der Waals surface area contributed by atoms with Crippen molar-refractivity contribution in [2.24, 2.45) is 0 Å². The summed E-state index contributed by atoms with van der Waals surface area (Å²) in [5, 5.41) is 7.41. The summed E-state index contributed by atoms with van der Waals surface area (Å²) in [7, 11) is 1.59. The van der Waals surface area contributed by atoms with Crippen LogP contribution in [0, 0.1) is 6.92 Å². The van der Waals surface area contributed by atoms with Crippen LogP contribution in [-0.4, -0.2) is 29.5 Å². The molecule has 1 aliphatic rings. The van der Waals surface area contributed by atoms with E-state index < -0.39 is 0 Å². The van der Waals surface area contributed by atoms with Crippen LogP contribution in [0.4, 0.5) is 5.13 Å². The number of hydrogen-bond donors (Lipinski definition) is 2. The van der Waals surface area contributed by atoms with Crippen molar-refractivity contribution in [3.8, 4) is 16.9 Å². The van der Waals surface area contributed by atoms with E-state index in [0.717, 1.165) is 36.5 Å². The van der Waals surface area contributed by atoms with E-state index in [2.05, 4.69) is 20.6 Å². The number of benzene rings is 1. The number of nitrogens with zero attached hydrogens (tertiary/aromatic N) is 2. The van der Waals surface area contributed by atoms with Crippen LogP contribution < -0.4 is 15.4 Å². The molecule has 4 rings (SSSR count). The van der Waals surface area contributed by atoms with Gasteiger partial charge in [0.2, 0.25) is 0 Å². The van der Waals surface area contributed by atoms with Crippen LogP contribution in [0.3, 0.4) is 0 Å². The van der Waals surface area contributed by atoms with Crippen molar-refractivity contribution in [3.05, 3.63) is 57.3 Å². The fourth-order valence-electron chi connectivity index (χ4n) is 3.20. The maximum Gasteiger partial charge on any atom is 0.259 e. The number of pyridine rings is 1. The number of fused-ring (bicyclic) bond motifs is 1. The number of rotatable bonds is 4. The van der Waals surface area contributed by atoms with E-state index >= 15 is 0 Å². The molecule has 3 aromatic rings. The molecule has 8 heteroatoms. The monoisotopic (exact) mass is 414 g/mol. The van der Waals surface area contributed by atoms with E-state index in [1.165, 1.54) is 16.2 Å². The second-order valence-electron chi connectivity index (χ2n) is 6.49. The van der Waals surface area contributed by atoms with Crippen molar-refractivity contribution >= 4 is 34.0 Å². The molecule has 6 nitrogen and oxygen atoms in total. The Morgan fingerprint density at radius 2 is 2.18 bits per heavy atom. The molecule has 1 aromatic carbocycles. The number of nitrogens with one attached hydrogen (secondary N) is 2. The molecule has 28 heavy (non-hydrogen) atoms. The van der Waals surface area contributed by atoms with Gasteiger partial charge in [-0.05, 0) is 31.2 Å². The molecule has 3 heterocycles. The van der Waals surface area contributed by atoms with E-state index in [4.69, 9.17) is 16.3 Å². The van der Waals surface area contributed by atoms with E-state index in [-0.39, 0.29) is 5.91 Å². The third-order valence-electron chi connectivity index (χ3n) is 4.56. The number of aryl methyl sites for hydroxylation is 1. The SMILES string of the molecule is COc1ccc(Cl)cc1-c1cc(C)ncc1C(=O)Nc1nc2c(s1)CNCC2. The van der Waals surface area contributed by atoms with Crippen LogP contribution >= 0.6 is 22.9 Å². The molecular weight excluding hydrogens is 396 g/mol. The quantitative estimate of drug-likeness (QED) is 0.672. The number of aromatic nitrogens is 2. The van der Waals surface area contributed by atoms with Crippen LogP contribution in [0.15, 0.2) is 30.5 Å². The number of halogens is 1. The van der Waals surface area contributed by atoms with Crippen LogP contribution in [0.5, 0.6) is 5.75 Å². The molecule has 0 aliphatic carbocycles. The Labute approximate surface area is 171 Å². The van der Waals surface area contributed by atoms with E-state index in [1.807, 2.05) is 13.0 Å². The van der Waals surface area contributed by atoms with Gasteiger partial charge in [0.15, 0.2) is 5.13 Å². The summed E-state index contributed by atoms with van der Waals surface area (Å²) in [5.41, 5.74) is 3.75. The zero-order valence-electron chi connectivity index (χ0n) is 15.5. The standard InChI is InChI=1S/C20H19ClN4O2S/c1-11-7-13(14-8-12(21)3-4-17(14)27-2)15(9-23-11)19(26)25-20-24-16-5-6-22-10-18(16)28-20/h3-4,7-9,22H,5-6,10H2,1-2H3,(H,24,25,26). The summed E-state index contributed by atoms with van der Waals surface area (Å²) >= 11 is 7.70. The highest BCUT2D eigenvalue weighted by molar-refractivity contribution is 7.15. The predicted octanol–water partition coefficient (Wildman–Crippen LogP) is 4.07. The molecule has 0 saturated carbocycles. The van der Waals surface area contributed by atoms with Gasteiger partial charge in [-0.1, -0.05) is 11.6 Å². The smallest absolute Gasteiger partial charge is 0.259 e. The van der Waals surface area contributed by atoms with Gasteiger partial charge >= 0.3 is 0 Å². The number of thiazole rings is 1. The summed E-state index contributed by atoms with van der Waals surface area (Å²) in [4.78, 5) is 23.1. The molecule has 2 aromatic heterocycles. The zero-order valence-corrected chi connectivity index (χ0v) is 17.1. The van der Waals surface area contributed by atoms with Gasteiger partial charge in [0.25, 0.3) is 5.91 Å². The molecule has 0 unspecified atom stereocenters. The van der Waals surface area contributed by atoms with Crippen molar-refractivity contribution in [2.45, 2.75) is 19.9 Å². The minimum atomic E-state index is -0.261. The van der Waals surface area contributed by atoms with Crippen molar-refractivity contribution in [2.75, 3.05) is 19.0 Å². The third kappa shape index (κ3) is 3.73. The molecule has 0 radical (unpaired) electrons. The lowest BCUT2D eigenvalue weighted by Crippen LogP contribution is -2.22. The first kappa shape index (κ1) is 18.9. The first-order chi connectivity index (χ1) is 13.5. The number of hydrogen-bond acceptors (Lipinski definition) is 6. The maximum absolute atomic E-state index is 13.0. The molecule has 0 fully saturated rings. The first-order valence-electron chi connectivity index (χ1n) is 8.86. The van der Waals surface area contributed by atoms with Crippen molar-refractivity contribution in [1.29, 1.82) is 0 Å². The largest absolute Gasteiger partial charge is 0.496 e. The van der Waals surface area contributed by atoms with Gasteiger partial charge in [0.1, 0.15) is 5.75 Å². The van der Waals surface area contributed by atoms with Gasteiger partial charge in [-0.3, -0.25) is 15.1 Å². The molecule has 0 atom stereocenters. The summed E-state index contributed by atoms with van der Waals surface area (Å²) in [6, 6.07) is 7.20. The number of amides is 1. The van der Waals surface area contributed by atoms with Crippen LogP contribution in [0.1, 0.15) is 26.6 Å². The Kier molecular flexibility index (Phi) is 5.30. The highest BCUT2D eigenvalue weighted by Crippen LogP contribution is 2.35. The van der Waals surface area contributed by atoms with Gasteiger partial charge in [-0.2, -0.15) is 0 Å². The van der Waals surface area contributed by atoms with E-state index in [1.54, 1.807) is 31.5 Å². The molecule has 1 aliphatic heterocycles. The summed E-state index contributed by atoms with van der Waals surface area (Å²) in [6.07, 6.45) is 2.45. The van der Waals surface area contributed by atoms with Crippen molar-refractivity contribution in [1.82, 2.24) is 15.3 Å². The average Bonchev–Trinajstić information content (AvgIpc) is 3.10. The van der Waals surface area contributed by atoms with E-state index in [9.17, 15) is 4.79 Å². The molecule has 1 amide bonds. The van der Waals surface area contributed by atoms with Crippen molar-refractivity contribution in [3.63, 3.8) is 0 Å². The number of carbonyl (C=O) groups excluding carboxylic acids is 1. The Bertz CT molecular complexity index is 1030. The van der Waals surface area contributed by atoms with Gasteiger partial charge in [0.05, 0.1) is 18.4 Å². The highest BCUT2D eigenvalue weighted by Gasteiger charge is 2.20. The molecule has 0 saturated heterocycles. The lowest BCUT2D eigenvalue weighted by atomic mass is 9.99. The Morgan fingerprint density at radius 3 is 2.96 bits per heavy atom. The molecule has 0 spiro atoms. The Morgan fingerprint density at radius 1 is 1.32 bits per heavy atom. The fraction of sp³-hybridized carbons (Fsp3) is 0.250. The zero-order chi connectivity index (χ0) is 19.7. The van der Waals surface area contributed by atoms with Gasteiger partial charge in [-0.25, -0.2) is 4.98 Å². The van der Waals surface area contributed by atoms with Crippen LogP contribution in [0.2, 0.25) is 5.02 Å². The second kappa shape index (κ2) is 7.87. The number of anilines is 1. The predicted molar refractivity (Wildman–Crippen MR) is 111 cm³/mol. The fourth-order valence-corrected chi connectivity index (χ4v) is 4.34. The lowest BCUT2D eigenvalue weighted by molar-refractivity contribution is 0.102. The second-order valence-corrected chi connectivity index (χ2v) is 8.01. The molecule has 0 bridgehead atoms. The van der Waals surface area contributed by atoms with Gasteiger partial charge < -0.3 is 10.1 Å². The minimum absolute atomic E-state index is 0.261. The van der Waals surface area contributed by atoms with Gasteiger partial charge in [-0.15, -0.1) is 11.3 Å². The third-order valence-corrected chi connectivity index (χ3v) is 5.81. The minimum Gasteiger partial charge on any atom is -0.496 e. The van der Waals surface area contributed by atoms with Crippen LogP contribution in [-0.2, 0) is 13.0 Å². The highest BCUT2D eigenvalue weighted by atomic mass is 35.5. The van der Waals surface area contributed by atoms with Gasteiger partial charge in [0, 0.05) is 52.4 Å². The van der Waals surface area contributed by atoms with E-state index in [0.29, 0.717) is 27.0 Å². The normalized spacial score (nSPS) is 13.1. The average molecular weight is 415 g/mol. The molecular formula is C20H19ClN4O2S. The molecule has 2 N–H and O–H groups in total. The molecule has 144 valence electrons. The lowest BCUT2D eigenvalue weighted by Gasteiger charge is -2.13.